The number of carbonyl (C=O) groups excluding carboxylic acids is 1. The zero-order chi connectivity index (χ0) is 12.2. The molecule has 8 heteroatoms. The Labute approximate surface area is 103 Å². The smallest absolute Gasteiger partial charge is 0.382 e. The van der Waals surface area contributed by atoms with Gasteiger partial charge in [-0.1, -0.05) is 0 Å². The third-order valence-electron chi connectivity index (χ3n) is 2.46. The van der Waals surface area contributed by atoms with Crippen LogP contribution in [0.15, 0.2) is 0 Å². The lowest BCUT2D eigenvalue weighted by Gasteiger charge is -2.16. The summed E-state index contributed by atoms with van der Waals surface area (Å²) in [5.74, 6) is -0.470. The number of aliphatic hydroxyl groups is 1. The van der Waals surface area contributed by atoms with E-state index in [2.05, 4.69) is 10.6 Å². The summed E-state index contributed by atoms with van der Waals surface area (Å²) in [7, 11) is 0. The summed E-state index contributed by atoms with van der Waals surface area (Å²) < 4.78 is 35.7. The maximum absolute atomic E-state index is 11.9. The highest BCUT2D eigenvalue weighted by atomic mass is 35.5. The molecule has 0 spiro atoms. The summed E-state index contributed by atoms with van der Waals surface area (Å²) in [6, 6.07) is 0.0445. The van der Waals surface area contributed by atoms with Crippen molar-refractivity contribution in [2.45, 2.75) is 37.6 Å². The van der Waals surface area contributed by atoms with Crippen molar-refractivity contribution in [3.63, 3.8) is 0 Å². The average Bonchev–Trinajstić information content (AvgIpc) is 2.65. The van der Waals surface area contributed by atoms with Gasteiger partial charge in [0.2, 0.25) is 5.91 Å². The molecule has 1 fully saturated rings. The first-order valence-electron chi connectivity index (χ1n) is 5.14. The molecule has 1 amide bonds. The van der Waals surface area contributed by atoms with Crippen LogP contribution in [0.2, 0.25) is 0 Å². The van der Waals surface area contributed by atoms with E-state index in [1.165, 1.54) is 0 Å². The number of alkyl halides is 3. The molecule has 4 nitrogen and oxygen atoms in total. The van der Waals surface area contributed by atoms with Crippen LogP contribution in [0.4, 0.5) is 13.2 Å². The van der Waals surface area contributed by atoms with Crippen molar-refractivity contribution in [3.05, 3.63) is 0 Å². The van der Waals surface area contributed by atoms with Crippen molar-refractivity contribution in [2.75, 3.05) is 13.1 Å². The van der Waals surface area contributed by atoms with Crippen molar-refractivity contribution in [1.82, 2.24) is 10.6 Å². The van der Waals surface area contributed by atoms with Gasteiger partial charge in [0, 0.05) is 12.5 Å². The maximum atomic E-state index is 11.9. The lowest BCUT2D eigenvalue weighted by Crippen LogP contribution is -2.42. The number of carbonyl (C=O) groups is 1. The summed E-state index contributed by atoms with van der Waals surface area (Å²) in [5, 5.41) is 13.8. The molecule has 1 saturated heterocycles. The number of hydrogen-bond donors (Lipinski definition) is 3. The van der Waals surface area contributed by atoms with Gasteiger partial charge in [-0.05, 0) is 19.4 Å². The topological polar surface area (TPSA) is 61.4 Å². The van der Waals surface area contributed by atoms with Gasteiger partial charge in [0.25, 0.3) is 0 Å². The van der Waals surface area contributed by atoms with Crippen molar-refractivity contribution in [2.24, 2.45) is 0 Å². The fourth-order valence-electron chi connectivity index (χ4n) is 1.55. The van der Waals surface area contributed by atoms with Crippen molar-refractivity contribution >= 4 is 18.3 Å². The molecule has 0 radical (unpaired) electrons. The Morgan fingerprint density at radius 1 is 1.53 bits per heavy atom. The van der Waals surface area contributed by atoms with E-state index in [-0.39, 0.29) is 24.9 Å². The molecule has 2 atom stereocenters. The number of rotatable bonds is 4. The zero-order valence-corrected chi connectivity index (χ0v) is 9.90. The first-order valence-corrected chi connectivity index (χ1v) is 5.14. The number of nitrogens with one attached hydrogen (secondary N) is 2. The second kappa shape index (κ2) is 7.03. The number of hydrogen-bond acceptors (Lipinski definition) is 3. The minimum atomic E-state index is -4.68. The van der Waals surface area contributed by atoms with Crippen LogP contribution in [-0.2, 0) is 4.79 Å². The number of amides is 1. The Kier molecular flexibility index (Phi) is 6.81. The van der Waals surface area contributed by atoms with Crippen LogP contribution in [0.5, 0.6) is 0 Å². The molecule has 2 unspecified atom stereocenters. The molecule has 0 bridgehead atoms. The molecule has 1 aliphatic heterocycles. The standard InChI is InChI=1S/C9H15F3N2O2.ClH/c10-9(11,12)7(15)5-14-8(16)4-6-2-1-3-13-6;/h6-7,13,15H,1-5H2,(H,14,16);1H. The summed E-state index contributed by atoms with van der Waals surface area (Å²) in [6.45, 7) is 0.0537. The van der Waals surface area contributed by atoms with Crippen LogP contribution in [0.25, 0.3) is 0 Å². The molecule has 0 aromatic carbocycles. The van der Waals surface area contributed by atoms with E-state index in [0.29, 0.717) is 0 Å². The van der Waals surface area contributed by atoms with Crippen LogP contribution in [0.1, 0.15) is 19.3 Å². The summed E-state index contributed by atoms with van der Waals surface area (Å²) in [5.41, 5.74) is 0. The van der Waals surface area contributed by atoms with Crippen LogP contribution in [0, 0.1) is 0 Å². The predicted molar refractivity (Wildman–Crippen MR) is 58.0 cm³/mol. The third-order valence-corrected chi connectivity index (χ3v) is 2.46. The molecule has 0 aromatic rings. The van der Waals surface area contributed by atoms with Gasteiger partial charge in [-0.3, -0.25) is 4.79 Å². The summed E-state index contributed by atoms with van der Waals surface area (Å²) in [6.07, 6.45) is -5.19. The summed E-state index contributed by atoms with van der Waals surface area (Å²) in [4.78, 5) is 11.2. The molecule has 102 valence electrons. The fraction of sp³-hybridized carbons (Fsp3) is 0.889. The van der Waals surface area contributed by atoms with Crippen molar-refractivity contribution in [1.29, 1.82) is 0 Å². The molecule has 3 N–H and O–H groups in total. The zero-order valence-electron chi connectivity index (χ0n) is 9.09. The van der Waals surface area contributed by atoms with Gasteiger partial charge in [-0.25, -0.2) is 0 Å². The van der Waals surface area contributed by atoms with E-state index in [4.69, 9.17) is 5.11 Å². The molecule has 17 heavy (non-hydrogen) atoms. The third kappa shape index (κ3) is 6.09. The molecule has 0 aromatic heterocycles. The highest BCUT2D eigenvalue weighted by molar-refractivity contribution is 5.85. The minimum Gasteiger partial charge on any atom is -0.382 e. The maximum Gasteiger partial charge on any atom is 0.416 e. The SMILES string of the molecule is Cl.O=C(CC1CCCN1)NCC(O)C(F)(F)F. The first kappa shape index (κ1) is 16.5. The molecular formula is C9H16ClF3N2O2. The van der Waals surface area contributed by atoms with Crippen LogP contribution < -0.4 is 10.6 Å². The van der Waals surface area contributed by atoms with Gasteiger partial charge in [-0.15, -0.1) is 12.4 Å². The lowest BCUT2D eigenvalue weighted by molar-refractivity contribution is -0.201. The monoisotopic (exact) mass is 276 g/mol. The Hall–Kier alpha value is -0.530. The number of aliphatic hydroxyl groups excluding tert-OH is 1. The highest BCUT2D eigenvalue weighted by Gasteiger charge is 2.38. The van der Waals surface area contributed by atoms with E-state index in [1.807, 2.05) is 0 Å². The van der Waals surface area contributed by atoms with E-state index in [1.54, 1.807) is 0 Å². The van der Waals surface area contributed by atoms with Gasteiger partial charge in [0.05, 0.1) is 6.54 Å². The second-order valence-electron chi connectivity index (χ2n) is 3.86. The molecule has 1 aliphatic rings. The second-order valence-corrected chi connectivity index (χ2v) is 3.86. The van der Waals surface area contributed by atoms with Crippen LogP contribution >= 0.6 is 12.4 Å². The van der Waals surface area contributed by atoms with Gasteiger partial charge in [0.15, 0.2) is 6.10 Å². The molecule has 1 heterocycles. The van der Waals surface area contributed by atoms with Gasteiger partial charge < -0.3 is 15.7 Å². The molecular weight excluding hydrogens is 261 g/mol. The average molecular weight is 277 g/mol. The highest BCUT2D eigenvalue weighted by Crippen LogP contribution is 2.19. The molecule has 1 rings (SSSR count). The Bertz CT molecular complexity index is 245. The van der Waals surface area contributed by atoms with E-state index in [0.717, 1.165) is 19.4 Å². The minimum absolute atomic E-state index is 0. The summed E-state index contributed by atoms with van der Waals surface area (Å²) >= 11 is 0. The Morgan fingerprint density at radius 2 is 2.18 bits per heavy atom. The van der Waals surface area contributed by atoms with Gasteiger partial charge in [-0.2, -0.15) is 13.2 Å². The lowest BCUT2D eigenvalue weighted by atomic mass is 10.1. The molecule has 0 aliphatic carbocycles. The largest absolute Gasteiger partial charge is 0.416 e. The van der Waals surface area contributed by atoms with E-state index >= 15 is 0 Å². The van der Waals surface area contributed by atoms with Crippen LogP contribution in [0.3, 0.4) is 0 Å². The van der Waals surface area contributed by atoms with E-state index < -0.39 is 24.7 Å². The quantitative estimate of drug-likeness (QED) is 0.704. The number of halogens is 4. The van der Waals surface area contributed by atoms with Gasteiger partial charge >= 0.3 is 6.18 Å². The van der Waals surface area contributed by atoms with Crippen molar-refractivity contribution < 1.29 is 23.1 Å². The molecule has 0 saturated carbocycles. The predicted octanol–water partition coefficient (Wildman–Crippen LogP) is 0.590. The van der Waals surface area contributed by atoms with Crippen molar-refractivity contribution in [3.8, 4) is 0 Å². The van der Waals surface area contributed by atoms with Gasteiger partial charge in [0.1, 0.15) is 0 Å². The first-order chi connectivity index (χ1) is 7.39. The normalized spacial score (nSPS) is 21.8. The Morgan fingerprint density at radius 3 is 2.65 bits per heavy atom. The van der Waals surface area contributed by atoms with E-state index in [9.17, 15) is 18.0 Å². The Balaban J connectivity index is 0.00000256. The van der Waals surface area contributed by atoms with Crippen LogP contribution in [-0.4, -0.2) is 42.4 Å². The fourth-order valence-corrected chi connectivity index (χ4v) is 1.55.